The average Bonchev–Trinajstić information content (AvgIpc) is 2.92. The van der Waals surface area contributed by atoms with Crippen LogP contribution in [-0.2, 0) is 6.54 Å². The molecule has 23 heavy (non-hydrogen) atoms. The van der Waals surface area contributed by atoms with Gasteiger partial charge in [0, 0.05) is 12.7 Å². The van der Waals surface area contributed by atoms with E-state index in [-0.39, 0.29) is 6.54 Å². The lowest BCUT2D eigenvalue weighted by Gasteiger charge is -2.36. The lowest BCUT2D eigenvalue weighted by atomic mass is 10.3. The molecule has 1 unspecified atom stereocenters. The van der Waals surface area contributed by atoms with E-state index >= 15 is 0 Å². The van der Waals surface area contributed by atoms with E-state index in [0.29, 0.717) is 18.9 Å². The Kier molecular flexibility index (Phi) is 6.25. The molecule has 0 radical (unpaired) electrons. The molecule has 0 bridgehead atoms. The molecule has 1 aliphatic heterocycles. The number of hydrogen-bond acceptors (Lipinski definition) is 6. The van der Waals surface area contributed by atoms with Crippen molar-refractivity contribution in [3.05, 3.63) is 47.7 Å². The van der Waals surface area contributed by atoms with Crippen LogP contribution in [0.3, 0.4) is 0 Å². The lowest BCUT2D eigenvalue weighted by Crippen LogP contribution is -2.43. The van der Waals surface area contributed by atoms with E-state index in [1.165, 1.54) is 0 Å². The molecule has 1 aliphatic rings. The van der Waals surface area contributed by atoms with Crippen LogP contribution >= 0.6 is 0 Å². The normalized spacial score (nSPS) is 21.5. The number of hydroxylamine groups is 3. The summed E-state index contributed by atoms with van der Waals surface area (Å²) >= 11 is 0. The second-order valence-electron chi connectivity index (χ2n) is 5.63. The fraction of sp³-hybridized carbons (Fsp3) is 0.438. The molecule has 0 spiro atoms. The summed E-state index contributed by atoms with van der Waals surface area (Å²) in [6.07, 6.45) is 8.89. The fourth-order valence-corrected chi connectivity index (χ4v) is 2.33. The van der Waals surface area contributed by atoms with Crippen LogP contribution in [0.25, 0.3) is 0 Å². The highest BCUT2D eigenvalue weighted by Gasteiger charge is 2.25. The van der Waals surface area contributed by atoms with Gasteiger partial charge in [-0.15, -0.1) is 0 Å². The van der Waals surface area contributed by atoms with Gasteiger partial charge in [0.05, 0.1) is 24.7 Å². The van der Waals surface area contributed by atoms with E-state index in [4.69, 9.17) is 5.84 Å². The predicted octanol–water partition coefficient (Wildman–Crippen LogP) is 1.83. The zero-order chi connectivity index (χ0) is 16.5. The largest absolute Gasteiger partial charge is 0.626 e. The Morgan fingerprint density at radius 2 is 2.39 bits per heavy atom. The van der Waals surface area contributed by atoms with Gasteiger partial charge in [-0.05, 0) is 18.6 Å². The summed E-state index contributed by atoms with van der Waals surface area (Å²) in [5, 5.41) is 16.4. The van der Waals surface area contributed by atoms with Gasteiger partial charge in [-0.3, -0.25) is 9.98 Å². The van der Waals surface area contributed by atoms with Gasteiger partial charge in [-0.1, -0.05) is 19.4 Å². The molecule has 0 saturated heterocycles. The van der Waals surface area contributed by atoms with Gasteiger partial charge in [0.15, 0.2) is 6.67 Å². The van der Waals surface area contributed by atoms with E-state index in [9.17, 15) is 5.21 Å². The Morgan fingerprint density at radius 3 is 3.09 bits per heavy atom. The fourth-order valence-electron chi connectivity index (χ4n) is 2.33. The van der Waals surface area contributed by atoms with Gasteiger partial charge >= 0.3 is 0 Å². The molecule has 2 rings (SSSR count). The van der Waals surface area contributed by atoms with E-state index in [0.717, 1.165) is 25.1 Å². The second kappa shape index (κ2) is 8.40. The van der Waals surface area contributed by atoms with Crippen molar-refractivity contribution in [2.75, 3.05) is 19.8 Å². The van der Waals surface area contributed by atoms with Gasteiger partial charge in [0.2, 0.25) is 0 Å². The summed E-state index contributed by atoms with van der Waals surface area (Å²) < 4.78 is -0.511. The topological polar surface area (TPSA) is 89.9 Å². The smallest absolute Gasteiger partial charge is 0.158 e. The molecule has 7 heteroatoms. The quantitative estimate of drug-likeness (QED) is 0.198. The number of quaternary nitrogens is 1. The Hall–Kier alpha value is -2.25. The maximum absolute atomic E-state index is 12.8. The van der Waals surface area contributed by atoms with Crippen molar-refractivity contribution in [3.63, 3.8) is 0 Å². The molecule has 0 aliphatic carbocycles. The van der Waals surface area contributed by atoms with Gasteiger partial charge in [0.1, 0.15) is 18.5 Å². The molecule has 0 fully saturated rings. The Bertz CT molecular complexity index is 571. The first-order chi connectivity index (χ1) is 11.1. The van der Waals surface area contributed by atoms with Gasteiger partial charge in [-0.25, -0.2) is 0 Å². The van der Waals surface area contributed by atoms with Crippen molar-refractivity contribution >= 4 is 11.9 Å². The zero-order valence-electron chi connectivity index (χ0n) is 13.5. The first-order valence-corrected chi connectivity index (χ1v) is 7.83. The van der Waals surface area contributed by atoms with E-state index < -0.39 is 4.65 Å². The minimum Gasteiger partial charge on any atom is -0.626 e. The van der Waals surface area contributed by atoms with Crippen LogP contribution in [0.2, 0.25) is 0 Å². The lowest BCUT2D eigenvalue weighted by molar-refractivity contribution is -0.821. The first kappa shape index (κ1) is 17.1. The third kappa shape index (κ3) is 5.46. The summed E-state index contributed by atoms with van der Waals surface area (Å²) in [5.74, 6) is 5.38. The second-order valence-corrected chi connectivity index (χ2v) is 5.63. The summed E-state index contributed by atoms with van der Waals surface area (Å²) in [5.41, 5.74) is 1.44. The number of hydrogen-bond donors (Lipinski definition) is 1. The minimum atomic E-state index is -0.511. The maximum atomic E-state index is 12.8. The van der Waals surface area contributed by atoms with Crippen LogP contribution in [0.4, 0.5) is 0 Å². The molecular weight excluding hydrogens is 292 g/mol. The molecule has 0 amide bonds. The number of rotatable bonds is 8. The molecule has 2 N–H and O–H groups in total. The number of pyridine rings is 1. The third-order valence-electron chi connectivity index (χ3n) is 3.54. The number of nitrogens with zero attached hydrogens (tertiary/aromatic N) is 5. The average molecular weight is 316 g/mol. The molecule has 1 aromatic heterocycles. The predicted molar refractivity (Wildman–Crippen MR) is 92.2 cm³/mol. The van der Waals surface area contributed by atoms with Crippen molar-refractivity contribution in [3.8, 4) is 0 Å². The molecule has 7 nitrogen and oxygen atoms in total. The van der Waals surface area contributed by atoms with E-state index in [1.807, 2.05) is 29.3 Å². The van der Waals surface area contributed by atoms with Crippen LogP contribution in [0.15, 0.2) is 46.9 Å². The van der Waals surface area contributed by atoms with Crippen molar-refractivity contribution in [1.82, 2.24) is 9.88 Å². The molecule has 2 heterocycles. The highest BCUT2D eigenvalue weighted by molar-refractivity contribution is 6.31. The van der Waals surface area contributed by atoms with E-state index in [1.54, 1.807) is 18.6 Å². The molecule has 124 valence electrons. The highest BCUT2D eigenvalue weighted by Crippen LogP contribution is 2.18. The van der Waals surface area contributed by atoms with Gasteiger partial charge in [0.25, 0.3) is 0 Å². The van der Waals surface area contributed by atoms with Crippen LogP contribution < -0.4 is 5.84 Å². The summed E-state index contributed by atoms with van der Waals surface area (Å²) in [7, 11) is 0. The summed E-state index contributed by atoms with van der Waals surface area (Å²) in [6.45, 7) is 3.95. The van der Waals surface area contributed by atoms with Crippen molar-refractivity contribution in [1.29, 1.82) is 0 Å². The van der Waals surface area contributed by atoms with Crippen molar-refractivity contribution in [2.45, 2.75) is 26.3 Å². The maximum Gasteiger partial charge on any atom is 0.158 e. The SMILES string of the molecule is CCCCN=CC(C[N+]1([O-])C=CN(Cc2ccccn2)C1)=NN. The number of hydrazone groups is 1. The van der Waals surface area contributed by atoms with Gasteiger partial charge in [-0.2, -0.15) is 5.10 Å². The Morgan fingerprint density at radius 1 is 1.52 bits per heavy atom. The van der Waals surface area contributed by atoms with Crippen molar-refractivity contribution in [2.24, 2.45) is 15.9 Å². The molecule has 1 atom stereocenters. The minimum absolute atomic E-state index is 0.182. The Labute approximate surface area is 137 Å². The number of aromatic nitrogens is 1. The molecule has 0 saturated carbocycles. The van der Waals surface area contributed by atoms with Crippen LogP contribution in [0.5, 0.6) is 0 Å². The molecular formula is C16H24N6O. The zero-order valence-corrected chi connectivity index (χ0v) is 13.5. The van der Waals surface area contributed by atoms with Crippen LogP contribution in [0, 0.1) is 5.21 Å². The highest BCUT2D eigenvalue weighted by atomic mass is 16.5. The first-order valence-electron chi connectivity index (χ1n) is 7.83. The number of aliphatic imine (C=N–C) groups is 1. The number of unbranched alkanes of at least 4 members (excludes halogenated alkanes) is 1. The standard InChI is InChI=1S/C16H24N6O/c1-2-3-7-18-11-16(20-17)13-22(23)10-9-21(14-22)12-15-6-4-5-8-19-15/h4-6,8-11H,2-3,7,12-14,17H2,1H3. The van der Waals surface area contributed by atoms with Crippen molar-refractivity contribution < 1.29 is 4.65 Å². The third-order valence-corrected chi connectivity index (χ3v) is 3.54. The van der Waals surface area contributed by atoms with E-state index in [2.05, 4.69) is 22.0 Å². The Balaban J connectivity index is 1.88. The monoisotopic (exact) mass is 316 g/mol. The van der Waals surface area contributed by atoms with Crippen LogP contribution in [-0.4, -0.2) is 46.2 Å². The number of nitrogens with two attached hydrogens (primary N) is 1. The van der Waals surface area contributed by atoms with Crippen LogP contribution in [0.1, 0.15) is 25.5 Å². The summed E-state index contributed by atoms with van der Waals surface area (Å²) in [4.78, 5) is 10.5. The molecule has 0 aromatic carbocycles. The van der Waals surface area contributed by atoms with Gasteiger partial charge < -0.3 is 20.6 Å². The molecule has 1 aromatic rings. The summed E-state index contributed by atoms with van der Waals surface area (Å²) in [6, 6.07) is 5.76.